The van der Waals surface area contributed by atoms with Crippen LogP contribution in [0.2, 0.25) is 0 Å². The molecule has 0 atom stereocenters. The molecule has 8 heteroatoms. The number of ether oxygens (including phenoxy) is 1. The SMILES string of the molecule is O=C(CCc1ccccc1)Nc1cccc(NC(=O)COc2ccccc2[N+](=O)[O-])c1. The highest BCUT2D eigenvalue weighted by molar-refractivity contribution is 5.94. The topological polar surface area (TPSA) is 111 Å². The van der Waals surface area contributed by atoms with E-state index in [1.807, 2.05) is 30.3 Å². The van der Waals surface area contributed by atoms with Crippen LogP contribution in [0, 0.1) is 10.1 Å². The molecule has 3 aromatic carbocycles. The summed E-state index contributed by atoms with van der Waals surface area (Å²) in [4.78, 5) is 34.8. The predicted molar refractivity (Wildman–Crippen MR) is 117 cm³/mol. The Morgan fingerprint density at radius 3 is 2.19 bits per heavy atom. The Balaban J connectivity index is 1.51. The number of benzene rings is 3. The number of hydrogen-bond acceptors (Lipinski definition) is 5. The average molecular weight is 419 g/mol. The molecule has 0 saturated carbocycles. The average Bonchev–Trinajstić information content (AvgIpc) is 2.77. The molecule has 8 nitrogen and oxygen atoms in total. The van der Waals surface area contributed by atoms with Gasteiger partial charge < -0.3 is 15.4 Å². The van der Waals surface area contributed by atoms with Gasteiger partial charge in [0.15, 0.2) is 12.4 Å². The zero-order chi connectivity index (χ0) is 22.1. The van der Waals surface area contributed by atoms with Crippen molar-refractivity contribution in [3.63, 3.8) is 0 Å². The number of anilines is 2. The molecule has 0 aliphatic rings. The molecule has 0 aliphatic heterocycles. The minimum absolute atomic E-state index is 0.0158. The number of rotatable bonds is 9. The van der Waals surface area contributed by atoms with Crippen LogP contribution in [0.25, 0.3) is 0 Å². The molecule has 0 spiro atoms. The second-order valence-corrected chi connectivity index (χ2v) is 6.68. The lowest BCUT2D eigenvalue weighted by molar-refractivity contribution is -0.385. The first-order valence-electron chi connectivity index (χ1n) is 9.61. The van der Waals surface area contributed by atoms with Crippen molar-refractivity contribution >= 4 is 28.9 Å². The molecule has 158 valence electrons. The Hall–Kier alpha value is -4.20. The van der Waals surface area contributed by atoms with Crippen molar-refractivity contribution in [1.82, 2.24) is 0 Å². The summed E-state index contributed by atoms with van der Waals surface area (Å²) in [5.41, 5.74) is 1.89. The van der Waals surface area contributed by atoms with Crippen LogP contribution >= 0.6 is 0 Å². The van der Waals surface area contributed by atoms with Crippen molar-refractivity contribution in [2.75, 3.05) is 17.2 Å². The number of nitro benzene ring substituents is 1. The zero-order valence-electron chi connectivity index (χ0n) is 16.6. The van der Waals surface area contributed by atoms with Gasteiger partial charge in [-0.05, 0) is 36.2 Å². The van der Waals surface area contributed by atoms with Crippen LogP contribution in [0.1, 0.15) is 12.0 Å². The molecule has 0 aromatic heterocycles. The largest absolute Gasteiger partial charge is 0.477 e. The fourth-order valence-corrected chi connectivity index (χ4v) is 2.87. The summed E-state index contributed by atoms with van der Waals surface area (Å²) in [7, 11) is 0. The lowest BCUT2D eigenvalue weighted by Crippen LogP contribution is -2.20. The number of amides is 2. The van der Waals surface area contributed by atoms with Gasteiger partial charge in [-0.15, -0.1) is 0 Å². The van der Waals surface area contributed by atoms with E-state index in [9.17, 15) is 19.7 Å². The van der Waals surface area contributed by atoms with Crippen molar-refractivity contribution in [1.29, 1.82) is 0 Å². The maximum atomic E-state index is 12.2. The van der Waals surface area contributed by atoms with Crippen LogP contribution < -0.4 is 15.4 Å². The van der Waals surface area contributed by atoms with Gasteiger partial charge in [0, 0.05) is 23.9 Å². The van der Waals surface area contributed by atoms with Gasteiger partial charge in [-0.3, -0.25) is 19.7 Å². The van der Waals surface area contributed by atoms with E-state index >= 15 is 0 Å². The zero-order valence-corrected chi connectivity index (χ0v) is 16.6. The summed E-state index contributed by atoms with van der Waals surface area (Å²) < 4.78 is 5.28. The van der Waals surface area contributed by atoms with Crippen LogP contribution in [0.5, 0.6) is 5.75 Å². The van der Waals surface area contributed by atoms with Crippen molar-refractivity contribution in [2.45, 2.75) is 12.8 Å². The Bertz CT molecular complexity index is 1070. The van der Waals surface area contributed by atoms with Gasteiger partial charge in [-0.2, -0.15) is 0 Å². The number of nitrogens with zero attached hydrogens (tertiary/aromatic N) is 1. The van der Waals surface area contributed by atoms with E-state index in [0.717, 1.165) is 5.56 Å². The first-order chi connectivity index (χ1) is 15.0. The maximum absolute atomic E-state index is 12.2. The molecule has 0 fully saturated rings. The molecule has 2 amide bonds. The summed E-state index contributed by atoms with van der Waals surface area (Å²) in [5.74, 6) is -0.597. The summed E-state index contributed by atoms with van der Waals surface area (Å²) in [5, 5.41) is 16.5. The van der Waals surface area contributed by atoms with E-state index in [-0.39, 0.29) is 17.3 Å². The quantitative estimate of drug-likeness (QED) is 0.399. The van der Waals surface area contributed by atoms with Gasteiger partial charge in [0.2, 0.25) is 5.91 Å². The summed E-state index contributed by atoms with van der Waals surface area (Å²) in [6.45, 7) is -0.390. The second kappa shape index (κ2) is 10.5. The van der Waals surface area contributed by atoms with Crippen molar-refractivity contribution in [3.8, 4) is 5.75 Å². The van der Waals surface area contributed by atoms with Crippen molar-refractivity contribution < 1.29 is 19.2 Å². The van der Waals surface area contributed by atoms with Gasteiger partial charge in [0.1, 0.15) is 0 Å². The molecule has 0 unspecified atom stereocenters. The van der Waals surface area contributed by atoms with Crippen LogP contribution in [0.4, 0.5) is 17.1 Å². The van der Waals surface area contributed by atoms with Crippen LogP contribution in [-0.4, -0.2) is 23.3 Å². The van der Waals surface area contributed by atoms with Crippen LogP contribution in [0.3, 0.4) is 0 Å². The number of para-hydroxylation sites is 2. The molecule has 0 heterocycles. The normalized spacial score (nSPS) is 10.2. The molecular formula is C23H21N3O5. The van der Waals surface area contributed by atoms with Crippen LogP contribution in [-0.2, 0) is 16.0 Å². The maximum Gasteiger partial charge on any atom is 0.310 e. The van der Waals surface area contributed by atoms with E-state index in [2.05, 4.69) is 10.6 Å². The van der Waals surface area contributed by atoms with Crippen molar-refractivity contribution in [3.05, 3.63) is 94.5 Å². The fourth-order valence-electron chi connectivity index (χ4n) is 2.87. The first kappa shape index (κ1) is 21.5. The molecule has 31 heavy (non-hydrogen) atoms. The predicted octanol–water partition coefficient (Wildman–Crippen LogP) is 4.18. The third-order valence-electron chi connectivity index (χ3n) is 4.33. The first-order valence-corrected chi connectivity index (χ1v) is 9.61. The molecule has 3 rings (SSSR count). The molecular weight excluding hydrogens is 398 g/mol. The minimum Gasteiger partial charge on any atom is -0.477 e. The smallest absolute Gasteiger partial charge is 0.310 e. The van der Waals surface area contributed by atoms with Gasteiger partial charge in [-0.25, -0.2) is 0 Å². The molecule has 3 aromatic rings. The second-order valence-electron chi connectivity index (χ2n) is 6.68. The molecule has 0 radical (unpaired) electrons. The highest BCUT2D eigenvalue weighted by Gasteiger charge is 2.15. The summed E-state index contributed by atoms with van der Waals surface area (Å²) in [6, 6.07) is 22.3. The molecule has 0 bridgehead atoms. The van der Waals surface area contributed by atoms with E-state index in [0.29, 0.717) is 24.2 Å². The Kier molecular flexibility index (Phi) is 7.31. The highest BCUT2D eigenvalue weighted by Crippen LogP contribution is 2.25. The van der Waals surface area contributed by atoms with E-state index in [4.69, 9.17) is 4.74 Å². The number of carbonyl (C=O) groups is 2. The van der Waals surface area contributed by atoms with Gasteiger partial charge in [-0.1, -0.05) is 48.5 Å². The van der Waals surface area contributed by atoms with Crippen molar-refractivity contribution in [2.24, 2.45) is 0 Å². The van der Waals surface area contributed by atoms with E-state index in [1.165, 1.54) is 18.2 Å². The third kappa shape index (κ3) is 6.67. The Morgan fingerprint density at radius 2 is 1.48 bits per heavy atom. The van der Waals surface area contributed by atoms with E-state index in [1.54, 1.807) is 30.3 Å². The van der Waals surface area contributed by atoms with Gasteiger partial charge in [0.25, 0.3) is 5.91 Å². The molecule has 0 aliphatic carbocycles. The summed E-state index contributed by atoms with van der Waals surface area (Å²) in [6.07, 6.45) is 0.969. The number of carbonyl (C=O) groups excluding carboxylic acids is 2. The Labute approximate surface area is 179 Å². The third-order valence-corrected chi connectivity index (χ3v) is 4.33. The number of nitro groups is 1. The summed E-state index contributed by atoms with van der Waals surface area (Å²) >= 11 is 0. The molecule has 2 N–H and O–H groups in total. The van der Waals surface area contributed by atoms with E-state index < -0.39 is 17.4 Å². The number of aryl methyl sites for hydroxylation is 1. The molecule has 0 saturated heterocycles. The standard InChI is InChI=1S/C23H21N3O5/c27-22(14-13-17-7-2-1-3-8-17)24-18-9-6-10-19(15-18)25-23(28)16-31-21-12-5-4-11-20(21)26(29)30/h1-12,15H,13-14,16H2,(H,24,27)(H,25,28). The van der Waals surface area contributed by atoms with Gasteiger partial charge >= 0.3 is 5.69 Å². The number of hydrogen-bond donors (Lipinski definition) is 2. The monoisotopic (exact) mass is 419 g/mol. The highest BCUT2D eigenvalue weighted by atomic mass is 16.6. The Morgan fingerprint density at radius 1 is 0.839 bits per heavy atom. The fraction of sp³-hybridized carbons (Fsp3) is 0.130. The number of nitrogens with one attached hydrogen (secondary N) is 2. The minimum atomic E-state index is -0.572. The lowest BCUT2D eigenvalue weighted by Gasteiger charge is -2.10. The van der Waals surface area contributed by atoms with Crippen LogP contribution in [0.15, 0.2) is 78.9 Å². The van der Waals surface area contributed by atoms with Gasteiger partial charge in [0.05, 0.1) is 4.92 Å². The lowest BCUT2D eigenvalue weighted by atomic mass is 10.1.